The number of benzene rings is 2. The van der Waals surface area contributed by atoms with Gasteiger partial charge in [0.15, 0.2) is 0 Å². The highest BCUT2D eigenvalue weighted by atomic mass is 79.9. The fourth-order valence-electron chi connectivity index (χ4n) is 1.62. The number of nitrogens with one attached hydrogen (secondary N) is 1. The third-order valence-corrected chi connectivity index (χ3v) is 7.04. The van der Waals surface area contributed by atoms with Crippen molar-refractivity contribution >= 4 is 85.1 Å². The second kappa shape index (κ2) is 6.57. The predicted octanol–water partition coefficient (Wildman–Crippen LogP) is 5.12. The molecule has 0 aliphatic carbocycles. The van der Waals surface area contributed by atoms with E-state index in [2.05, 4.69) is 68.4 Å². The van der Waals surface area contributed by atoms with Crippen molar-refractivity contribution < 1.29 is 8.42 Å². The average molecular weight is 564 g/mol. The Labute approximate surface area is 156 Å². The van der Waals surface area contributed by atoms with Crippen LogP contribution in [-0.4, -0.2) is 8.42 Å². The lowest BCUT2D eigenvalue weighted by Crippen LogP contribution is -2.15. The maximum Gasteiger partial charge on any atom is 0.264 e. The molecule has 3 N–H and O–H groups in total. The van der Waals surface area contributed by atoms with Gasteiger partial charge in [0.05, 0.1) is 5.69 Å². The average Bonchev–Trinajstić information content (AvgIpc) is 2.32. The molecule has 0 saturated heterocycles. The normalized spacial score (nSPS) is 11.4. The van der Waals surface area contributed by atoms with E-state index < -0.39 is 10.0 Å². The molecule has 2 rings (SSSR count). The molecule has 0 atom stereocenters. The van der Waals surface area contributed by atoms with Gasteiger partial charge in [-0.3, -0.25) is 4.72 Å². The minimum atomic E-state index is -3.80. The van der Waals surface area contributed by atoms with E-state index in [-0.39, 0.29) is 4.90 Å². The first-order valence-electron chi connectivity index (χ1n) is 5.43. The van der Waals surface area contributed by atoms with Gasteiger partial charge in [-0.15, -0.1) is 0 Å². The Morgan fingerprint density at radius 1 is 0.905 bits per heavy atom. The first kappa shape index (κ1) is 17.3. The summed E-state index contributed by atoms with van der Waals surface area (Å²) in [6.07, 6.45) is 0. The third-order valence-electron chi connectivity index (χ3n) is 2.49. The van der Waals surface area contributed by atoms with Crippen molar-refractivity contribution in [3.63, 3.8) is 0 Å². The smallest absolute Gasteiger partial charge is 0.264 e. The van der Waals surface area contributed by atoms with Crippen molar-refractivity contribution in [3.8, 4) is 0 Å². The van der Waals surface area contributed by atoms with E-state index in [0.29, 0.717) is 29.3 Å². The summed E-state index contributed by atoms with van der Waals surface area (Å²) >= 11 is 13.1. The number of nitrogen functional groups attached to an aromatic ring is 1. The molecule has 0 aliphatic heterocycles. The van der Waals surface area contributed by atoms with Crippen molar-refractivity contribution in [2.45, 2.75) is 4.90 Å². The fraction of sp³-hybridized carbons (Fsp3) is 0. The van der Waals surface area contributed by atoms with Gasteiger partial charge in [0.25, 0.3) is 10.0 Å². The molecule has 0 fully saturated rings. The minimum Gasteiger partial charge on any atom is -0.399 e. The first-order valence-corrected chi connectivity index (χ1v) is 10.1. The van der Waals surface area contributed by atoms with Crippen LogP contribution in [0.15, 0.2) is 53.1 Å². The molecular formula is C12H8Br4N2O2S. The molecule has 21 heavy (non-hydrogen) atoms. The summed E-state index contributed by atoms with van der Waals surface area (Å²) in [7, 11) is -3.80. The molecule has 0 bridgehead atoms. The van der Waals surface area contributed by atoms with Gasteiger partial charge in [0.1, 0.15) is 4.90 Å². The largest absolute Gasteiger partial charge is 0.399 e. The van der Waals surface area contributed by atoms with Crippen LogP contribution in [0.1, 0.15) is 0 Å². The van der Waals surface area contributed by atoms with Gasteiger partial charge in [-0.1, -0.05) is 6.07 Å². The van der Waals surface area contributed by atoms with Crippen molar-refractivity contribution in [3.05, 3.63) is 48.2 Å². The van der Waals surface area contributed by atoms with Crippen LogP contribution in [0.25, 0.3) is 0 Å². The molecule has 0 spiro atoms. The maximum atomic E-state index is 12.6. The number of nitrogens with two attached hydrogens (primary N) is 1. The number of para-hydroxylation sites is 1. The first-order chi connectivity index (χ1) is 9.72. The molecule has 112 valence electrons. The predicted molar refractivity (Wildman–Crippen MR) is 98.9 cm³/mol. The van der Waals surface area contributed by atoms with Gasteiger partial charge in [-0.25, -0.2) is 8.42 Å². The van der Waals surface area contributed by atoms with E-state index in [0.717, 1.165) is 0 Å². The van der Waals surface area contributed by atoms with Crippen LogP contribution >= 0.6 is 63.7 Å². The summed E-state index contributed by atoms with van der Waals surface area (Å²) < 4.78 is 29.8. The molecule has 0 amide bonds. The monoisotopic (exact) mass is 560 g/mol. The molecule has 9 heteroatoms. The van der Waals surface area contributed by atoms with Crippen molar-refractivity contribution in [1.82, 2.24) is 0 Å². The molecule has 0 radical (unpaired) electrons. The topological polar surface area (TPSA) is 72.2 Å². The summed E-state index contributed by atoms with van der Waals surface area (Å²) in [5, 5.41) is 0. The molecule has 4 nitrogen and oxygen atoms in total. The number of halogens is 4. The summed E-state index contributed by atoms with van der Waals surface area (Å²) in [6, 6.07) is 8.36. The molecule has 0 saturated carbocycles. The van der Waals surface area contributed by atoms with Gasteiger partial charge < -0.3 is 5.73 Å². The molecule has 2 aromatic carbocycles. The molecule has 2 aromatic rings. The maximum absolute atomic E-state index is 12.6. The Hall–Kier alpha value is -0.0900. The zero-order valence-electron chi connectivity index (χ0n) is 10.2. The van der Waals surface area contributed by atoms with E-state index in [1.165, 1.54) is 12.1 Å². The van der Waals surface area contributed by atoms with E-state index in [1.807, 2.05) is 0 Å². The summed E-state index contributed by atoms with van der Waals surface area (Å²) in [6.45, 7) is 0. The van der Waals surface area contributed by atoms with Gasteiger partial charge in [-0.05, 0) is 88.0 Å². The van der Waals surface area contributed by atoms with Crippen LogP contribution in [0.5, 0.6) is 0 Å². The van der Waals surface area contributed by atoms with Crippen molar-refractivity contribution in [2.75, 3.05) is 10.5 Å². The molecular weight excluding hydrogens is 556 g/mol. The Kier molecular flexibility index (Phi) is 5.40. The van der Waals surface area contributed by atoms with Crippen molar-refractivity contribution in [2.24, 2.45) is 0 Å². The Bertz CT molecular complexity index is 766. The van der Waals surface area contributed by atoms with E-state index >= 15 is 0 Å². The van der Waals surface area contributed by atoms with Crippen LogP contribution in [0.2, 0.25) is 0 Å². The summed E-state index contributed by atoms with van der Waals surface area (Å²) in [5.74, 6) is 0. The van der Waals surface area contributed by atoms with Crippen LogP contribution in [0.3, 0.4) is 0 Å². The van der Waals surface area contributed by atoms with E-state index in [1.54, 1.807) is 18.2 Å². The van der Waals surface area contributed by atoms with Gasteiger partial charge in [0, 0.05) is 23.6 Å². The quantitative estimate of drug-likeness (QED) is 0.509. The van der Waals surface area contributed by atoms with Crippen LogP contribution < -0.4 is 10.5 Å². The lowest BCUT2D eigenvalue weighted by atomic mass is 10.3. The third kappa shape index (κ3) is 3.82. The zero-order valence-corrected chi connectivity index (χ0v) is 17.4. The standard InChI is InChI=1S/C12H8Br4N2O2S/c13-7-2-1-3-8(14)11(7)18-21(19,20)12-9(15)4-6(17)5-10(12)16/h1-5,18H,17H2. The number of sulfonamides is 1. The molecule has 0 unspecified atom stereocenters. The second-order valence-electron chi connectivity index (χ2n) is 4.02. The highest BCUT2D eigenvalue weighted by Gasteiger charge is 2.23. The van der Waals surface area contributed by atoms with Gasteiger partial charge in [-0.2, -0.15) is 0 Å². The highest BCUT2D eigenvalue weighted by Crippen LogP contribution is 2.37. The van der Waals surface area contributed by atoms with Crippen LogP contribution in [-0.2, 0) is 10.0 Å². The second-order valence-corrected chi connectivity index (χ2v) is 9.05. The molecule has 0 heterocycles. The number of rotatable bonds is 3. The summed E-state index contributed by atoms with van der Waals surface area (Å²) in [5.41, 5.74) is 6.56. The molecule has 0 aliphatic rings. The van der Waals surface area contributed by atoms with Crippen molar-refractivity contribution in [1.29, 1.82) is 0 Å². The van der Waals surface area contributed by atoms with E-state index in [9.17, 15) is 8.42 Å². The van der Waals surface area contributed by atoms with E-state index in [4.69, 9.17) is 5.73 Å². The Balaban J connectivity index is 2.54. The van der Waals surface area contributed by atoms with Gasteiger partial charge in [0.2, 0.25) is 0 Å². The SMILES string of the molecule is Nc1cc(Br)c(S(=O)(=O)Nc2c(Br)cccc2Br)c(Br)c1. The molecule has 0 aromatic heterocycles. The number of anilines is 2. The van der Waals surface area contributed by atoms with Crippen LogP contribution in [0, 0.1) is 0 Å². The van der Waals surface area contributed by atoms with Gasteiger partial charge >= 0.3 is 0 Å². The number of hydrogen-bond donors (Lipinski definition) is 2. The lowest BCUT2D eigenvalue weighted by Gasteiger charge is -2.14. The fourth-order valence-corrected chi connectivity index (χ4v) is 6.80. The zero-order chi connectivity index (χ0) is 15.8. The highest BCUT2D eigenvalue weighted by molar-refractivity contribution is 9.11. The lowest BCUT2D eigenvalue weighted by molar-refractivity contribution is 0.600. The Morgan fingerprint density at radius 2 is 1.38 bits per heavy atom. The summed E-state index contributed by atoms with van der Waals surface area (Å²) in [4.78, 5) is 0.0827. The minimum absolute atomic E-state index is 0.0827. The Morgan fingerprint density at radius 3 is 1.86 bits per heavy atom. The van der Waals surface area contributed by atoms with Crippen LogP contribution in [0.4, 0.5) is 11.4 Å². The number of hydrogen-bond acceptors (Lipinski definition) is 3.